The molecule has 0 saturated carbocycles. The van der Waals surface area contributed by atoms with Crippen molar-refractivity contribution in [3.8, 4) is 5.75 Å². The lowest BCUT2D eigenvalue weighted by molar-refractivity contribution is 0.235. The van der Waals surface area contributed by atoms with Gasteiger partial charge >= 0.3 is 0 Å². The van der Waals surface area contributed by atoms with Gasteiger partial charge in [-0.25, -0.2) is 4.39 Å². The van der Waals surface area contributed by atoms with Crippen molar-refractivity contribution in [2.75, 3.05) is 19.7 Å². The third-order valence-electron chi connectivity index (χ3n) is 3.43. The lowest BCUT2D eigenvalue weighted by atomic mass is 9.88. The van der Waals surface area contributed by atoms with Crippen LogP contribution in [0.4, 0.5) is 4.39 Å². The molecule has 1 aromatic carbocycles. The van der Waals surface area contributed by atoms with E-state index in [1.807, 2.05) is 0 Å². The molecule has 0 amide bonds. The first-order valence-electron chi connectivity index (χ1n) is 6.41. The fourth-order valence-corrected chi connectivity index (χ4v) is 2.07. The van der Waals surface area contributed by atoms with Crippen molar-refractivity contribution in [2.24, 2.45) is 11.7 Å². The van der Waals surface area contributed by atoms with Gasteiger partial charge in [0.15, 0.2) is 0 Å². The Morgan fingerprint density at radius 2 is 2.05 bits per heavy atom. The van der Waals surface area contributed by atoms with E-state index in [2.05, 4.69) is 42.0 Å². The lowest BCUT2D eigenvalue weighted by Crippen LogP contribution is -2.53. The van der Waals surface area contributed by atoms with Gasteiger partial charge < -0.3 is 15.8 Å². The van der Waals surface area contributed by atoms with Crippen LogP contribution in [0.5, 0.6) is 5.75 Å². The Morgan fingerprint density at radius 3 is 2.55 bits per heavy atom. The molecule has 0 fully saturated rings. The quantitative estimate of drug-likeness (QED) is 0.725. The van der Waals surface area contributed by atoms with Crippen LogP contribution in [0, 0.1) is 11.7 Å². The van der Waals surface area contributed by atoms with E-state index in [-0.39, 0.29) is 23.8 Å². The van der Waals surface area contributed by atoms with Gasteiger partial charge in [0, 0.05) is 29.2 Å². The summed E-state index contributed by atoms with van der Waals surface area (Å²) in [5.74, 6) is 0.639. The molecule has 3 nitrogen and oxygen atoms in total. The van der Waals surface area contributed by atoms with Gasteiger partial charge in [-0.2, -0.15) is 0 Å². The third kappa shape index (κ3) is 5.95. The molecular formula is C14H23BrClFN2O. The molecule has 0 aliphatic heterocycles. The molecule has 3 N–H and O–H groups in total. The second kappa shape index (κ2) is 8.82. The highest BCUT2D eigenvalue weighted by atomic mass is 79.9. The maximum atomic E-state index is 13.1. The van der Waals surface area contributed by atoms with Crippen LogP contribution in [0.1, 0.15) is 20.8 Å². The summed E-state index contributed by atoms with van der Waals surface area (Å²) in [5.41, 5.74) is 5.68. The van der Waals surface area contributed by atoms with Gasteiger partial charge in [0.05, 0.1) is 0 Å². The van der Waals surface area contributed by atoms with E-state index in [0.29, 0.717) is 35.8 Å². The van der Waals surface area contributed by atoms with E-state index in [9.17, 15) is 4.39 Å². The molecule has 0 bridgehead atoms. The van der Waals surface area contributed by atoms with E-state index >= 15 is 0 Å². The highest BCUT2D eigenvalue weighted by molar-refractivity contribution is 9.10. The first-order chi connectivity index (χ1) is 8.87. The largest absolute Gasteiger partial charge is 0.492 e. The van der Waals surface area contributed by atoms with Crippen LogP contribution in [0.25, 0.3) is 0 Å². The van der Waals surface area contributed by atoms with E-state index in [4.69, 9.17) is 10.5 Å². The summed E-state index contributed by atoms with van der Waals surface area (Å²) in [5, 5.41) is 3.39. The predicted octanol–water partition coefficient (Wildman–Crippen LogP) is 3.35. The number of nitrogens with two attached hydrogens (primary N) is 1. The maximum Gasteiger partial charge on any atom is 0.128 e. The standard InChI is InChI=1S/C14H22BrFN2O.ClH/c1-10(2)14(3,9-17)18-4-5-19-13-7-11(15)6-12(16)8-13;/h6-8,10,18H,4-5,9,17H2,1-3H3;1H. The summed E-state index contributed by atoms with van der Waals surface area (Å²) in [7, 11) is 0. The Labute approximate surface area is 135 Å². The number of rotatable bonds is 7. The average Bonchev–Trinajstić information content (AvgIpc) is 2.33. The number of ether oxygens (including phenoxy) is 1. The SMILES string of the molecule is CC(C)C(C)(CN)NCCOc1cc(F)cc(Br)c1.Cl. The fourth-order valence-electron chi connectivity index (χ4n) is 1.63. The molecule has 0 saturated heterocycles. The molecular weight excluding hydrogens is 347 g/mol. The molecule has 116 valence electrons. The summed E-state index contributed by atoms with van der Waals surface area (Å²) >= 11 is 3.23. The minimum atomic E-state index is -0.314. The Bertz CT molecular complexity index is 400. The van der Waals surface area contributed by atoms with Gasteiger partial charge in [-0.1, -0.05) is 29.8 Å². The van der Waals surface area contributed by atoms with Crippen LogP contribution in [-0.4, -0.2) is 25.2 Å². The minimum absolute atomic E-state index is 0. The van der Waals surface area contributed by atoms with E-state index in [1.165, 1.54) is 12.1 Å². The Hall–Kier alpha value is -0.360. The Balaban J connectivity index is 0.00000361. The maximum absolute atomic E-state index is 13.1. The second-order valence-electron chi connectivity index (χ2n) is 5.16. The van der Waals surface area contributed by atoms with E-state index in [1.54, 1.807) is 6.07 Å². The average molecular weight is 370 g/mol. The van der Waals surface area contributed by atoms with Crippen molar-refractivity contribution in [3.05, 3.63) is 28.5 Å². The molecule has 6 heteroatoms. The predicted molar refractivity (Wildman–Crippen MR) is 87.1 cm³/mol. The highest BCUT2D eigenvalue weighted by Gasteiger charge is 2.25. The summed E-state index contributed by atoms with van der Waals surface area (Å²) in [6.45, 7) is 8.06. The summed E-state index contributed by atoms with van der Waals surface area (Å²) in [6.07, 6.45) is 0. The van der Waals surface area contributed by atoms with Crippen LogP contribution >= 0.6 is 28.3 Å². The van der Waals surface area contributed by atoms with Crippen molar-refractivity contribution in [3.63, 3.8) is 0 Å². The smallest absolute Gasteiger partial charge is 0.128 e. The zero-order valence-corrected chi connectivity index (χ0v) is 14.5. The molecule has 0 aliphatic rings. The summed E-state index contributed by atoms with van der Waals surface area (Å²) in [6, 6.07) is 4.51. The minimum Gasteiger partial charge on any atom is -0.492 e. The molecule has 1 unspecified atom stereocenters. The van der Waals surface area contributed by atoms with Crippen LogP contribution < -0.4 is 15.8 Å². The molecule has 0 radical (unpaired) electrons. The molecule has 1 atom stereocenters. The van der Waals surface area contributed by atoms with Crippen molar-refractivity contribution in [1.29, 1.82) is 0 Å². The van der Waals surface area contributed by atoms with E-state index in [0.717, 1.165) is 0 Å². The van der Waals surface area contributed by atoms with Gasteiger partial charge in [0.25, 0.3) is 0 Å². The molecule has 1 aromatic rings. The van der Waals surface area contributed by atoms with Crippen molar-refractivity contribution < 1.29 is 9.13 Å². The summed E-state index contributed by atoms with van der Waals surface area (Å²) in [4.78, 5) is 0. The fraction of sp³-hybridized carbons (Fsp3) is 0.571. The molecule has 1 rings (SSSR count). The Morgan fingerprint density at radius 1 is 1.40 bits per heavy atom. The molecule has 0 aromatic heterocycles. The number of benzene rings is 1. The van der Waals surface area contributed by atoms with Crippen LogP contribution in [0.2, 0.25) is 0 Å². The lowest BCUT2D eigenvalue weighted by Gasteiger charge is -2.33. The second-order valence-corrected chi connectivity index (χ2v) is 6.07. The first kappa shape index (κ1) is 19.6. The molecule has 0 heterocycles. The molecule has 0 spiro atoms. The zero-order chi connectivity index (χ0) is 14.5. The van der Waals surface area contributed by atoms with Crippen LogP contribution in [0.3, 0.4) is 0 Å². The first-order valence-corrected chi connectivity index (χ1v) is 7.20. The van der Waals surface area contributed by atoms with Gasteiger partial charge in [-0.15, -0.1) is 12.4 Å². The van der Waals surface area contributed by atoms with Gasteiger partial charge in [-0.3, -0.25) is 0 Å². The van der Waals surface area contributed by atoms with Gasteiger partial charge in [0.2, 0.25) is 0 Å². The molecule has 20 heavy (non-hydrogen) atoms. The van der Waals surface area contributed by atoms with Gasteiger partial charge in [-0.05, 0) is 25.0 Å². The zero-order valence-electron chi connectivity index (χ0n) is 12.1. The van der Waals surface area contributed by atoms with Crippen LogP contribution in [-0.2, 0) is 0 Å². The highest BCUT2D eigenvalue weighted by Crippen LogP contribution is 2.20. The van der Waals surface area contributed by atoms with Gasteiger partial charge in [0.1, 0.15) is 18.2 Å². The normalized spacial score (nSPS) is 13.8. The molecule has 0 aliphatic carbocycles. The third-order valence-corrected chi connectivity index (χ3v) is 3.89. The number of hydrogen-bond donors (Lipinski definition) is 2. The van der Waals surface area contributed by atoms with E-state index < -0.39 is 0 Å². The number of hydrogen-bond acceptors (Lipinski definition) is 3. The van der Waals surface area contributed by atoms with Crippen molar-refractivity contribution in [1.82, 2.24) is 5.32 Å². The Kier molecular flexibility index (Phi) is 8.66. The number of nitrogens with one attached hydrogen (secondary N) is 1. The monoisotopic (exact) mass is 368 g/mol. The topological polar surface area (TPSA) is 47.3 Å². The van der Waals surface area contributed by atoms with Crippen molar-refractivity contribution in [2.45, 2.75) is 26.3 Å². The number of halogens is 3. The summed E-state index contributed by atoms with van der Waals surface area (Å²) < 4.78 is 19.3. The van der Waals surface area contributed by atoms with Crippen molar-refractivity contribution >= 4 is 28.3 Å². The van der Waals surface area contributed by atoms with Crippen LogP contribution in [0.15, 0.2) is 22.7 Å².